The second-order valence-corrected chi connectivity index (χ2v) is 6.15. The maximum Gasteiger partial charge on any atom is 0.274 e. The molecule has 1 amide bonds. The molecule has 0 fully saturated rings. The van der Waals surface area contributed by atoms with Crippen molar-refractivity contribution in [3.63, 3.8) is 0 Å². The van der Waals surface area contributed by atoms with Crippen LogP contribution < -0.4 is 20.1 Å². The van der Waals surface area contributed by atoms with Crippen molar-refractivity contribution in [1.82, 2.24) is 4.98 Å². The number of hydrogen-bond donors (Lipinski definition) is 2. The highest BCUT2D eigenvalue weighted by Crippen LogP contribution is 2.18. The number of nitrogens with one attached hydrogen (secondary N) is 2. The lowest BCUT2D eigenvalue weighted by atomic mass is 10.1. The van der Waals surface area contributed by atoms with Crippen LogP contribution in [0, 0.1) is 0 Å². The first-order valence-electron chi connectivity index (χ1n) is 8.96. The monoisotopic (exact) mass is 377 g/mol. The van der Waals surface area contributed by atoms with Crippen LogP contribution >= 0.6 is 0 Å². The molecule has 1 aromatic heterocycles. The lowest BCUT2D eigenvalue weighted by molar-refractivity contribution is 0.102. The Balaban J connectivity index is 1.53. The first-order chi connectivity index (χ1) is 13.7. The number of ether oxygens (including phenoxy) is 2. The molecule has 3 rings (SSSR count). The van der Waals surface area contributed by atoms with Gasteiger partial charge in [-0.2, -0.15) is 0 Å². The third-order valence-corrected chi connectivity index (χ3v) is 4.20. The molecule has 0 radical (unpaired) electrons. The minimum Gasteiger partial charge on any atom is -0.497 e. The third kappa shape index (κ3) is 5.23. The van der Waals surface area contributed by atoms with Crippen LogP contribution in [0.3, 0.4) is 0 Å². The summed E-state index contributed by atoms with van der Waals surface area (Å²) in [5.74, 6) is 1.27. The fourth-order valence-electron chi connectivity index (χ4n) is 2.71. The van der Waals surface area contributed by atoms with Gasteiger partial charge in [0.05, 0.1) is 26.1 Å². The zero-order chi connectivity index (χ0) is 19.8. The van der Waals surface area contributed by atoms with E-state index in [4.69, 9.17) is 9.47 Å². The highest BCUT2D eigenvalue weighted by atomic mass is 16.5. The van der Waals surface area contributed by atoms with Gasteiger partial charge in [-0.25, -0.2) is 4.98 Å². The molecular weight excluding hydrogens is 354 g/mol. The minimum atomic E-state index is -0.267. The number of pyridine rings is 1. The number of rotatable bonds is 8. The van der Waals surface area contributed by atoms with E-state index in [1.165, 1.54) is 5.56 Å². The van der Waals surface area contributed by atoms with Crippen LogP contribution in [0.4, 0.5) is 11.4 Å². The van der Waals surface area contributed by atoms with Gasteiger partial charge in [0.25, 0.3) is 5.91 Å². The van der Waals surface area contributed by atoms with Gasteiger partial charge in [-0.05, 0) is 48.4 Å². The highest BCUT2D eigenvalue weighted by molar-refractivity contribution is 6.03. The van der Waals surface area contributed by atoms with Gasteiger partial charge in [-0.15, -0.1) is 0 Å². The maximum atomic E-state index is 12.3. The molecule has 0 spiro atoms. The van der Waals surface area contributed by atoms with Gasteiger partial charge in [-0.1, -0.05) is 18.2 Å². The van der Waals surface area contributed by atoms with Crippen LogP contribution in [-0.2, 0) is 6.42 Å². The molecule has 6 heteroatoms. The Morgan fingerprint density at radius 1 is 0.929 bits per heavy atom. The second kappa shape index (κ2) is 9.41. The zero-order valence-corrected chi connectivity index (χ0v) is 15.9. The number of aromatic nitrogens is 1. The molecule has 6 nitrogen and oxygen atoms in total. The van der Waals surface area contributed by atoms with E-state index in [-0.39, 0.29) is 5.91 Å². The topological polar surface area (TPSA) is 72.5 Å². The number of methoxy groups -OCH3 is 2. The van der Waals surface area contributed by atoms with E-state index in [2.05, 4.69) is 21.7 Å². The largest absolute Gasteiger partial charge is 0.497 e. The van der Waals surface area contributed by atoms with E-state index >= 15 is 0 Å². The second-order valence-electron chi connectivity index (χ2n) is 6.15. The van der Waals surface area contributed by atoms with Gasteiger partial charge in [-0.3, -0.25) is 4.79 Å². The SMILES string of the molecule is COc1cccc(CCNc2ccc(C(=O)Nc3cccc(OC)c3)nc2)c1. The molecule has 1 heterocycles. The lowest BCUT2D eigenvalue weighted by Crippen LogP contribution is -2.14. The molecule has 0 aliphatic carbocycles. The van der Waals surface area contributed by atoms with E-state index in [1.54, 1.807) is 38.6 Å². The van der Waals surface area contributed by atoms with Crippen LogP contribution in [-0.4, -0.2) is 31.7 Å². The van der Waals surface area contributed by atoms with Crippen LogP contribution in [0.1, 0.15) is 16.1 Å². The number of hydrogen-bond acceptors (Lipinski definition) is 5. The van der Waals surface area contributed by atoms with Crippen LogP contribution in [0.15, 0.2) is 66.9 Å². The fraction of sp³-hybridized carbons (Fsp3) is 0.182. The summed E-state index contributed by atoms with van der Waals surface area (Å²) >= 11 is 0. The molecule has 3 aromatic rings. The summed E-state index contributed by atoms with van der Waals surface area (Å²) in [6.45, 7) is 0.754. The highest BCUT2D eigenvalue weighted by Gasteiger charge is 2.08. The van der Waals surface area contributed by atoms with E-state index in [1.807, 2.05) is 36.4 Å². The average Bonchev–Trinajstić information content (AvgIpc) is 2.74. The van der Waals surface area contributed by atoms with Crippen molar-refractivity contribution in [2.75, 3.05) is 31.4 Å². The van der Waals surface area contributed by atoms with Gasteiger partial charge in [0, 0.05) is 18.3 Å². The maximum absolute atomic E-state index is 12.3. The van der Waals surface area contributed by atoms with Crippen LogP contribution in [0.2, 0.25) is 0 Å². The van der Waals surface area contributed by atoms with Crippen molar-refractivity contribution < 1.29 is 14.3 Å². The number of amides is 1. The number of carbonyl (C=O) groups is 1. The van der Waals surface area contributed by atoms with E-state index in [0.29, 0.717) is 17.1 Å². The molecule has 0 bridgehead atoms. The summed E-state index contributed by atoms with van der Waals surface area (Å²) in [5.41, 5.74) is 3.06. The van der Waals surface area contributed by atoms with Crippen LogP contribution in [0.5, 0.6) is 11.5 Å². The smallest absolute Gasteiger partial charge is 0.274 e. The molecule has 0 unspecified atom stereocenters. The first-order valence-corrected chi connectivity index (χ1v) is 8.96. The predicted octanol–water partition coefficient (Wildman–Crippen LogP) is 4.01. The number of nitrogens with zero attached hydrogens (tertiary/aromatic N) is 1. The minimum absolute atomic E-state index is 0.267. The normalized spacial score (nSPS) is 10.2. The summed E-state index contributed by atoms with van der Waals surface area (Å²) in [5, 5.41) is 6.12. The van der Waals surface area contributed by atoms with Crippen molar-refractivity contribution in [2.24, 2.45) is 0 Å². The fourth-order valence-corrected chi connectivity index (χ4v) is 2.71. The van der Waals surface area contributed by atoms with Crippen molar-refractivity contribution >= 4 is 17.3 Å². The third-order valence-electron chi connectivity index (χ3n) is 4.20. The molecule has 0 aliphatic rings. The Morgan fingerprint density at radius 2 is 1.68 bits per heavy atom. The van der Waals surface area contributed by atoms with Gasteiger partial charge in [0.2, 0.25) is 0 Å². The molecule has 0 saturated carbocycles. The molecule has 0 aliphatic heterocycles. The van der Waals surface area contributed by atoms with Crippen LogP contribution in [0.25, 0.3) is 0 Å². The van der Waals surface area contributed by atoms with E-state index in [0.717, 1.165) is 24.4 Å². The Kier molecular flexibility index (Phi) is 6.46. The number of anilines is 2. The van der Waals surface area contributed by atoms with Crippen molar-refractivity contribution in [2.45, 2.75) is 6.42 Å². The number of benzene rings is 2. The van der Waals surface area contributed by atoms with Gasteiger partial charge < -0.3 is 20.1 Å². The average molecular weight is 377 g/mol. The molecule has 2 N–H and O–H groups in total. The molecular formula is C22H23N3O3. The van der Waals surface area contributed by atoms with Crippen molar-refractivity contribution in [3.05, 3.63) is 78.1 Å². The molecule has 0 saturated heterocycles. The molecule has 28 heavy (non-hydrogen) atoms. The van der Waals surface area contributed by atoms with Gasteiger partial charge >= 0.3 is 0 Å². The quantitative estimate of drug-likeness (QED) is 0.621. The lowest BCUT2D eigenvalue weighted by Gasteiger charge is -2.09. The number of carbonyl (C=O) groups excluding carboxylic acids is 1. The summed E-state index contributed by atoms with van der Waals surface area (Å²) < 4.78 is 10.4. The van der Waals surface area contributed by atoms with Crippen molar-refractivity contribution in [3.8, 4) is 11.5 Å². The van der Waals surface area contributed by atoms with E-state index < -0.39 is 0 Å². The Hall–Kier alpha value is -3.54. The molecule has 2 aromatic carbocycles. The molecule has 144 valence electrons. The molecule has 0 atom stereocenters. The van der Waals surface area contributed by atoms with Gasteiger partial charge in [0.15, 0.2) is 0 Å². The Labute approximate surface area is 164 Å². The summed E-state index contributed by atoms with van der Waals surface area (Å²) in [6, 6.07) is 18.7. The predicted molar refractivity (Wildman–Crippen MR) is 110 cm³/mol. The Morgan fingerprint density at radius 3 is 2.39 bits per heavy atom. The van der Waals surface area contributed by atoms with Crippen molar-refractivity contribution in [1.29, 1.82) is 0 Å². The first kappa shape index (κ1) is 19.2. The standard InChI is InChI=1S/C22H23N3O3/c1-27-19-7-3-5-16(13-19)11-12-23-18-9-10-21(24-15-18)22(26)25-17-6-4-8-20(14-17)28-2/h3-10,13-15,23H,11-12H2,1-2H3,(H,25,26). The summed E-state index contributed by atoms with van der Waals surface area (Å²) in [6.07, 6.45) is 2.52. The zero-order valence-electron chi connectivity index (χ0n) is 15.9. The Bertz CT molecular complexity index is 926. The van der Waals surface area contributed by atoms with Gasteiger partial charge in [0.1, 0.15) is 17.2 Å². The summed E-state index contributed by atoms with van der Waals surface area (Å²) in [4.78, 5) is 16.6. The summed E-state index contributed by atoms with van der Waals surface area (Å²) in [7, 11) is 3.25. The van der Waals surface area contributed by atoms with E-state index in [9.17, 15) is 4.79 Å².